The summed E-state index contributed by atoms with van der Waals surface area (Å²) in [5.41, 5.74) is -0.982. The fraction of sp³-hybridized carbons (Fsp3) is 0.929. The second-order valence-corrected chi connectivity index (χ2v) is 6.80. The molecule has 2 N–H and O–H groups in total. The topological polar surface area (TPSA) is 52.6 Å². The summed E-state index contributed by atoms with van der Waals surface area (Å²) in [5.74, 6) is 0.182. The maximum absolute atomic E-state index is 12.1. The van der Waals surface area contributed by atoms with Crippen molar-refractivity contribution in [2.75, 3.05) is 19.6 Å². The molecule has 0 bridgehead atoms. The summed E-state index contributed by atoms with van der Waals surface area (Å²) >= 11 is 0. The quantitative estimate of drug-likeness (QED) is 0.802. The lowest BCUT2D eigenvalue weighted by Crippen LogP contribution is -2.53. The second-order valence-electron chi connectivity index (χ2n) is 6.80. The summed E-state index contributed by atoms with van der Waals surface area (Å²) in [6, 6.07) is 0.378. The molecular formula is C14H28N2O2. The van der Waals surface area contributed by atoms with Crippen molar-refractivity contribution in [3.63, 3.8) is 0 Å². The number of aliphatic hydroxyl groups is 1. The highest BCUT2D eigenvalue weighted by atomic mass is 16.3. The van der Waals surface area contributed by atoms with Gasteiger partial charge in [-0.15, -0.1) is 0 Å². The van der Waals surface area contributed by atoms with Gasteiger partial charge < -0.3 is 15.3 Å². The van der Waals surface area contributed by atoms with Crippen molar-refractivity contribution in [2.45, 2.75) is 59.1 Å². The van der Waals surface area contributed by atoms with Gasteiger partial charge in [0.2, 0.25) is 5.91 Å². The molecule has 0 aromatic carbocycles. The lowest BCUT2D eigenvalue weighted by molar-refractivity contribution is -0.143. The lowest BCUT2D eigenvalue weighted by Gasteiger charge is -2.40. The Kier molecular flexibility index (Phi) is 4.78. The van der Waals surface area contributed by atoms with Gasteiger partial charge in [-0.3, -0.25) is 4.79 Å². The van der Waals surface area contributed by atoms with E-state index in [4.69, 9.17) is 0 Å². The highest BCUT2D eigenvalue weighted by Crippen LogP contribution is 2.25. The largest absolute Gasteiger partial charge is 0.388 e. The first-order chi connectivity index (χ1) is 8.14. The second kappa shape index (κ2) is 5.57. The van der Waals surface area contributed by atoms with Crippen molar-refractivity contribution in [3.8, 4) is 0 Å². The number of piperidine rings is 1. The number of hydrogen-bond acceptors (Lipinski definition) is 3. The van der Waals surface area contributed by atoms with Crippen LogP contribution in [0.5, 0.6) is 0 Å². The first kappa shape index (κ1) is 15.4. The van der Waals surface area contributed by atoms with Gasteiger partial charge in [0.05, 0.1) is 5.60 Å². The Morgan fingerprint density at radius 3 is 2.22 bits per heavy atom. The van der Waals surface area contributed by atoms with Crippen molar-refractivity contribution < 1.29 is 9.90 Å². The molecule has 18 heavy (non-hydrogen) atoms. The maximum Gasteiger partial charge on any atom is 0.227 e. The van der Waals surface area contributed by atoms with Crippen molar-refractivity contribution in [2.24, 2.45) is 5.41 Å². The molecule has 0 saturated carbocycles. The smallest absolute Gasteiger partial charge is 0.227 e. The maximum atomic E-state index is 12.1. The zero-order valence-electron chi connectivity index (χ0n) is 12.4. The summed E-state index contributed by atoms with van der Waals surface area (Å²) in [5, 5.41) is 13.7. The summed E-state index contributed by atoms with van der Waals surface area (Å²) in [6.45, 7) is 11.9. The molecule has 0 aliphatic carbocycles. The molecule has 4 heteroatoms. The molecular weight excluding hydrogens is 228 g/mol. The number of nitrogens with one attached hydrogen (secondary N) is 1. The Bertz CT molecular complexity index is 287. The lowest BCUT2D eigenvalue weighted by atomic mass is 9.88. The van der Waals surface area contributed by atoms with Crippen LogP contribution in [0.3, 0.4) is 0 Å². The molecule has 0 spiro atoms. The molecule has 1 heterocycles. The van der Waals surface area contributed by atoms with Gasteiger partial charge in [-0.25, -0.2) is 0 Å². The Hall–Kier alpha value is -0.610. The van der Waals surface area contributed by atoms with Crippen molar-refractivity contribution in [1.82, 2.24) is 10.2 Å². The first-order valence-corrected chi connectivity index (χ1v) is 6.89. The number of likely N-dealkylation sites (tertiary alicyclic amines) is 1. The molecule has 0 radical (unpaired) electrons. The average molecular weight is 256 g/mol. The van der Waals surface area contributed by atoms with Gasteiger partial charge >= 0.3 is 0 Å². The zero-order valence-corrected chi connectivity index (χ0v) is 12.4. The van der Waals surface area contributed by atoms with E-state index in [1.807, 2.05) is 25.7 Å². The predicted octanol–water partition coefficient (Wildman–Crippen LogP) is 1.38. The number of rotatable bonds is 3. The van der Waals surface area contributed by atoms with Crippen LogP contribution in [0.4, 0.5) is 0 Å². The highest BCUT2D eigenvalue weighted by molar-refractivity contribution is 5.81. The van der Waals surface area contributed by atoms with Crippen LogP contribution in [0.15, 0.2) is 0 Å². The number of hydrogen-bond donors (Lipinski definition) is 2. The Morgan fingerprint density at radius 1 is 1.33 bits per heavy atom. The van der Waals surface area contributed by atoms with E-state index in [2.05, 4.69) is 19.2 Å². The minimum atomic E-state index is -0.654. The standard InChI is InChI=1S/C14H28N2O2/c1-11(2)15-10-14(18)6-8-16(9-7-14)12(17)13(3,4)5/h11,15,18H,6-10H2,1-5H3. The number of carbonyl (C=O) groups excluding carboxylic acids is 1. The molecule has 1 rings (SSSR count). The van der Waals surface area contributed by atoms with E-state index in [-0.39, 0.29) is 11.3 Å². The van der Waals surface area contributed by atoms with Crippen molar-refractivity contribution in [1.29, 1.82) is 0 Å². The Morgan fingerprint density at radius 2 is 1.83 bits per heavy atom. The van der Waals surface area contributed by atoms with Gasteiger partial charge in [-0.1, -0.05) is 34.6 Å². The zero-order chi connectivity index (χ0) is 14.0. The van der Waals surface area contributed by atoms with Crippen LogP contribution in [0.1, 0.15) is 47.5 Å². The normalized spacial score (nSPS) is 20.3. The molecule has 4 nitrogen and oxygen atoms in total. The summed E-state index contributed by atoms with van der Waals surface area (Å²) in [4.78, 5) is 14.0. The van der Waals surface area contributed by atoms with Crippen LogP contribution in [0.2, 0.25) is 0 Å². The SMILES string of the molecule is CC(C)NCC1(O)CCN(C(=O)C(C)(C)C)CC1. The van der Waals surface area contributed by atoms with Gasteiger partial charge in [0.1, 0.15) is 0 Å². The van der Waals surface area contributed by atoms with Crippen LogP contribution < -0.4 is 5.32 Å². The third kappa shape index (κ3) is 4.25. The van der Waals surface area contributed by atoms with E-state index in [0.717, 1.165) is 0 Å². The number of carbonyl (C=O) groups is 1. The number of nitrogens with zero attached hydrogens (tertiary/aromatic N) is 1. The third-order valence-electron chi connectivity index (χ3n) is 3.46. The fourth-order valence-electron chi connectivity index (χ4n) is 2.17. The van der Waals surface area contributed by atoms with Gasteiger partial charge in [0, 0.05) is 31.1 Å². The minimum Gasteiger partial charge on any atom is -0.388 e. The monoisotopic (exact) mass is 256 g/mol. The van der Waals surface area contributed by atoms with Crippen LogP contribution in [-0.4, -0.2) is 47.2 Å². The highest BCUT2D eigenvalue weighted by Gasteiger charge is 2.36. The summed E-state index contributed by atoms with van der Waals surface area (Å²) in [6.07, 6.45) is 1.32. The third-order valence-corrected chi connectivity index (χ3v) is 3.46. The molecule has 1 aliphatic heterocycles. The Labute approximate surface area is 111 Å². The van der Waals surface area contributed by atoms with Crippen molar-refractivity contribution >= 4 is 5.91 Å². The van der Waals surface area contributed by atoms with E-state index in [1.165, 1.54) is 0 Å². The van der Waals surface area contributed by atoms with Crippen LogP contribution in [0.25, 0.3) is 0 Å². The van der Waals surface area contributed by atoms with E-state index in [9.17, 15) is 9.90 Å². The molecule has 1 aliphatic rings. The molecule has 0 aromatic rings. The number of amides is 1. The fourth-order valence-corrected chi connectivity index (χ4v) is 2.17. The first-order valence-electron chi connectivity index (χ1n) is 6.89. The van der Waals surface area contributed by atoms with Gasteiger partial charge in [-0.05, 0) is 12.8 Å². The van der Waals surface area contributed by atoms with Gasteiger partial charge in [0.15, 0.2) is 0 Å². The van der Waals surface area contributed by atoms with Crippen LogP contribution in [-0.2, 0) is 4.79 Å². The van der Waals surface area contributed by atoms with Gasteiger partial charge in [-0.2, -0.15) is 0 Å². The molecule has 1 saturated heterocycles. The molecule has 0 atom stereocenters. The predicted molar refractivity (Wildman–Crippen MR) is 73.4 cm³/mol. The summed E-state index contributed by atoms with van der Waals surface area (Å²) < 4.78 is 0. The molecule has 0 aromatic heterocycles. The van der Waals surface area contributed by atoms with E-state index < -0.39 is 5.60 Å². The van der Waals surface area contributed by atoms with E-state index in [0.29, 0.717) is 38.5 Å². The molecule has 0 unspecified atom stereocenters. The van der Waals surface area contributed by atoms with E-state index >= 15 is 0 Å². The Balaban J connectivity index is 2.47. The average Bonchev–Trinajstić information content (AvgIpc) is 2.26. The minimum absolute atomic E-state index is 0.182. The van der Waals surface area contributed by atoms with Crippen molar-refractivity contribution in [3.05, 3.63) is 0 Å². The summed E-state index contributed by atoms with van der Waals surface area (Å²) in [7, 11) is 0. The van der Waals surface area contributed by atoms with Crippen LogP contribution >= 0.6 is 0 Å². The molecule has 106 valence electrons. The van der Waals surface area contributed by atoms with Crippen LogP contribution in [0, 0.1) is 5.41 Å². The molecule has 1 amide bonds. The molecule has 1 fully saturated rings. The van der Waals surface area contributed by atoms with E-state index in [1.54, 1.807) is 0 Å². The van der Waals surface area contributed by atoms with Gasteiger partial charge in [0.25, 0.3) is 0 Å².